The smallest absolute Gasteiger partial charge is 0.161 e. The van der Waals surface area contributed by atoms with E-state index in [1.54, 1.807) is 14.2 Å². The number of benzene rings is 1. The van der Waals surface area contributed by atoms with E-state index in [9.17, 15) is 0 Å². The van der Waals surface area contributed by atoms with Crippen LogP contribution < -0.4 is 15.2 Å². The van der Waals surface area contributed by atoms with Crippen molar-refractivity contribution in [3.05, 3.63) is 23.8 Å². The second-order valence-corrected chi connectivity index (χ2v) is 5.45. The maximum atomic E-state index is 6.47. The van der Waals surface area contributed by atoms with Gasteiger partial charge in [0.25, 0.3) is 0 Å². The van der Waals surface area contributed by atoms with Crippen molar-refractivity contribution in [1.82, 2.24) is 9.80 Å². The van der Waals surface area contributed by atoms with E-state index < -0.39 is 0 Å². The first-order valence-electron chi connectivity index (χ1n) is 6.93. The van der Waals surface area contributed by atoms with Crippen LogP contribution in [0.3, 0.4) is 0 Å². The number of hydrogen-bond donors (Lipinski definition) is 1. The molecule has 2 N–H and O–H groups in total. The largest absolute Gasteiger partial charge is 0.493 e. The van der Waals surface area contributed by atoms with Crippen molar-refractivity contribution in [3.63, 3.8) is 0 Å². The minimum Gasteiger partial charge on any atom is -0.493 e. The van der Waals surface area contributed by atoms with Crippen LogP contribution in [0, 0.1) is 0 Å². The van der Waals surface area contributed by atoms with E-state index in [4.69, 9.17) is 15.2 Å². The van der Waals surface area contributed by atoms with E-state index in [0.29, 0.717) is 6.04 Å². The van der Waals surface area contributed by atoms with E-state index in [1.807, 2.05) is 18.2 Å². The fraction of sp³-hybridized carbons (Fsp3) is 0.600. The van der Waals surface area contributed by atoms with Crippen molar-refractivity contribution < 1.29 is 9.47 Å². The molecule has 0 bridgehead atoms. The Morgan fingerprint density at radius 3 is 2.50 bits per heavy atom. The number of hydrogen-bond acceptors (Lipinski definition) is 5. The van der Waals surface area contributed by atoms with Crippen LogP contribution in [0.15, 0.2) is 18.2 Å². The van der Waals surface area contributed by atoms with Crippen LogP contribution in [0.5, 0.6) is 11.5 Å². The van der Waals surface area contributed by atoms with Crippen LogP contribution in [-0.2, 0) is 0 Å². The number of rotatable bonds is 4. The fourth-order valence-corrected chi connectivity index (χ4v) is 2.71. The van der Waals surface area contributed by atoms with Gasteiger partial charge in [0.15, 0.2) is 11.5 Å². The van der Waals surface area contributed by atoms with Crippen LogP contribution in [0.25, 0.3) is 0 Å². The summed E-state index contributed by atoms with van der Waals surface area (Å²) in [5, 5.41) is 0. The molecule has 1 aromatic carbocycles. The Bertz CT molecular complexity index is 453. The van der Waals surface area contributed by atoms with Gasteiger partial charge in [-0.25, -0.2) is 0 Å². The zero-order valence-corrected chi connectivity index (χ0v) is 12.8. The van der Waals surface area contributed by atoms with Crippen molar-refractivity contribution in [2.24, 2.45) is 5.73 Å². The molecular formula is C15H25N3O2. The van der Waals surface area contributed by atoms with Gasteiger partial charge in [0.05, 0.1) is 14.2 Å². The zero-order valence-electron chi connectivity index (χ0n) is 12.8. The molecule has 1 fully saturated rings. The molecule has 1 saturated heterocycles. The molecule has 0 aliphatic carbocycles. The van der Waals surface area contributed by atoms with Crippen LogP contribution in [0.4, 0.5) is 0 Å². The van der Waals surface area contributed by atoms with Crippen molar-refractivity contribution in [2.45, 2.75) is 12.1 Å². The van der Waals surface area contributed by atoms with Gasteiger partial charge < -0.3 is 20.1 Å². The Morgan fingerprint density at radius 1 is 1.15 bits per heavy atom. The first kappa shape index (κ1) is 15.1. The summed E-state index contributed by atoms with van der Waals surface area (Å²) in [7, 11) is 7.56. The van der Waals surface area contributed by atoms with Crippen LogP contribution in [0.2, 0.25) is 0 Å². The molecule has 5 nitrogen and oxygen atoms in total. The third kappa shape index (κ3) is 3.06. The monoisotopic (exact) mass is 279 g/mol. The summed E-state index contributed by atoms with van der Waals surface area (Å²) >= 11 is 0. The highest BCUT2D eigenvalue weighted by molar-refractivity contribution is 5.44. The Kier molecular flexibility index (Phi) is 4.86. The minimum atomic E-state index is -0.0393. The van der Waals surface area contributed by atoms with Gasteiger partial charge in [-0.2, -0.15) is 0 Å². The summed E-state index contributed by atoms with van der Waals surface area (Å²) < 4.78 is 10.6. The van der Waals surface area contributed by atoms with Crippen molar-refractivity contribution in [2.75, 3.05) is 47.9 Å². The molecule has 1 aliphatic rings. The molecule has 2 unspecified atom stereocenters. The quantitative estimate of drug-likeness (QED) is 0.889. The van der Waals surface area contributed by atoms with Gasteiger partial charge in [-0.3, -0.25) is 4.90 Å². The molecule has 0 radical (unpaired) electrons. The summed E-state index contributed by atoms with van der Waals surface area (Å²) in [5.74, 6) is 1.46. The van der Waals surface area contributed by atoms with Gasteiger partial charge in [-0.05, 0) is 31.8 Å². The van der Waals surface area contributed by atoms with Crippen LogP contribution in [0.1, 0.15) is 11.6 Å². The van der Waals surface area contributed by atoms with E-state index in [0.717, 1.165) is 36.7 Å². The predicted octanol–water partition coefficient (Wildman–Crippen LogP) is 0.949. The lowest BCUT2D eigenvalue weighted by Crippen LogP contribution is -2.54. The van der Waals surface area contributed by atoms with E-state index in [-0.39, 0.29) is 6.04 Å². The van der Waals surface area contributed by atoms with Gasteiger partial charge in [0.2, 0.25) is 0 Å². The minimum absolute atomic E-state index is 0.0393. The Morgan fingerprint density at radius 2 is 1.85 bits per heavy atom. The molecule has 0 aromatic heterocycles. The predicted molar refractivity (Wildman–Crippen MR) is 80.4 cm³/mol. The lowest BCUT2D eigenvalue weighted by atomic mass is 9.97. The van der Waals surface area contributed by atoms with Crippen molar-refractivity contribution in [3.8, 4) is 11.5 Å². The molecule has 5 heteroatoms. The van der Waals surface area contributed by atoms with Gasteiger partial charge in [0, 0.05) is 31.7 Å². The highest BCUT2D eigenvalue weighted by Crippen LogP contribution is 2.31. The summed E-state index contributed by atoms with van der Waals surface area (Å²) in [6.07, 6.45) is 0. The summed E-state index contributed by atoms with van der Waals surface area (Å²) in [5.41, 5.74) is 7.55. The van der Waals surface area contributed by atoms with Gasteiger partial charge >= 0.3 is 0 Å². The number of piperazine rings is 1. The SMILES string of the molecule is COc1ccc(C(N)C2CN(C)CCN2C)cc1OC. The second kappa shape index (κ2) is 6.43. The fourth-order valence-electron chi connectivity index (χ4n) is 2.71. The maximum Gasteiger partial charge on any atom is 0.161 e. The topological polar surface area (TPSA) is 51.0 Å². The number of likely N-dealkylation sites (N-methyl/N-ethyl adjacent to an activating group) is 2. The Balaban J connectivity index is 2.21. The molecule has 2 rings (SSSR count). The summed E-state index contributed by atoms with van der Waals surface area (Å²) in [6, 6.07) is 6.19. The van der Waals surface area contributed by atoms with Crippen LogP contribution in [-0.4, -0.2) is 63.8 Å². The second-order valence-electron chi connectivity index (χ2n) is 5.45. The first-order chi connectivity index (χ1) is 9.56. The van der Waals surface area contributed by atoms with Gasteiger partial charge in [-0.15, -0.1) is 0 Å². The summed E-state index contributed by atoms with van der Waals surface area (Å²) in [4.78, 5) is 4.66. The lowest BCUT2D eigenvalue weighted by Gasteiger charge is -2.40. The molecule has 1 heterocycles. The normalized spacial score (nSPS) is 22.6. The molecule has 0 spiro atoms. The van der Waals surface area contributed by atoms with Crippen molar-refractivity contribution >= 4 is 0 Å². The molecule has 0 amide bonds. The molecule has 2 atom stereocenters. The molecule has 112 valence electrons. The Labute approximate surface area is 121 Å². The summed E-state index contributed by atoms with van der Waals surface area (Å²) in [6.45, 7) is 3.11. The average molecular weight is 279 g/mol. The third-order valence-electron chi connectivity index (χ3n) is 4.11. The standard InChI is InChI=1S/C15H25N3O2/c1-17-7-8-18(2)12(10-17)15(16)11-5-6-13(19-3)14(9-11)20-4/h5-6,9,12,15H,7-8,10,16H2,1-4H3. The highest BCUT2D eigenvalue weighted by Gasteiger charge is 2.28. The van der Waals surface area contributed by atoms with E-state index in [2.05, 4.69) is 23.9 Å². The molecule has 0 saturated carbocycles. The molecule has 1 aliphatic heterocycles. The molecule has 1 aromatic rings. The third-order valence-corrected chi connectivity index (χ3v) is 4.11. The number of ether oxygens (including phenoxy) is 2. The maximum absolute atomic E-state index is 6.47. The molecule has 20 heavy (non-hydrogen) atoms. The zero-order chi connectivity index (χ0) is 14.7. The van der Waals surface area contributed by atoms with Crippen molar-refractivity contribution in [1.29, 1.82) is 0 Å². The van der Waals surface area contributed by atoms with Gasteiger partial charge in [-0.1, -0.05) is 6.07 Å². The van der Waals surface area contributed by atoms with Gasteiger partial charge in [0.1, 0.15) is 0 Å². The lowest BCUT2D eigenvalue weighted by molar-refractivity contribution is 0.0973. The number of nitrogens with two attached hydrogens (primary N) is 1. The first-order valence-corrected chi connectivity index (χ1v) is 6.93. The number of nitrogens with zero attached hydrogens (tertiary/aromatic N) is 2. The average Bonchev–Trinajstić information content (AvgIpc) is 2.48. The Hall–Kier alpha value is -1.30. The number of methoxy groups -OCH3 is 2. The molecular weight excluding hydrogens is 254 g/mol. The van der Waals surface area contributed by atoms with E-state index >= 15 is 0 Å². The van der Waals surface area contributed by atoms with E-state index in [1.165, 1.54) is 0 Å². The highest BCUT2D eigenvalue weighted by atomic mass is 16.5. The van der Waals surface area contributed by atoms with Crippen LogP contribution >= 0.6 is 0 Å².